The Morgan fingerprint density at radius 2 is 2.19 bits per heavy atom. The lowest BCUT2D eigenvalue weighted by Crippen LogP contribution is -2.35. The van der Waals surface area contributed by atoms with Crippen molar-refractivity contribution >= 4 is 5.78 Å². The minimum Gasteiger partial charge on any atom is -0.377 e. The summed E-state index contributed by atoms with van der Waals surface area (Å²) in [5.74, 6) is 0.478. The molecule has 94 valence electrons. The van der Waals surface area contributed by atoms with Crippen molar-refractivity contribution in [3.63, 3.8) is 0 Å². The lowest BCUT2D eigenvalue weighted by atomic mass is 10.00. The molecule has 0 radical (unpaired) electrons. The van der Waals surface area contributed by atoms with Crippen LogP contribution in [0.15, 0.2) is 0 Å². The van der Waals surface area contributed by atoms with Crippen LogP contribution in [0.2, 0.25) is 0 Å². The summed E-state index contributed by atoms with van der Waals surface area (Å²) in [7, 11) is 2.02. The zero-order valence-corrected chi connectivity index (χ0v) is 11.0. The minimum absolute atomic E-state index is 0.0756. The van der Waals surface area contributed by atoms with Crippen molar-refractivity contribution in [3.05, 3.63) is 0 Å². The summed E-state index contributed by atoms with van der Waals surface area (Å²) in [6.07, 6.45) is 3.40. The maximum absolute atomic E-state index is 11.9. The molecule has 0 N–H and O–H groups in total. The van der Waals surface area contributed by atoms with Crippen LogP contribution in [0.3, 0.4) is 0 Å². The number of rotatable bonds is 6. The van der Waals surface area contributed by atoms with Gasteiger partial charge in [-0.1, -0.05) is 27.2 Å². The molecule has 0 aromatic rings. The number of likely N-dealkylation sites (tertiary alicyclic amines) is 1. The number of carbonyl (C=O) groups excluding carboxylic acids is 1. The fraction of sp³-hybridized carbons (Fsp3) is 0.923. The van der Waals surface area contributed by atoms with E-state index in [2.05, 4.69) is 11.8 Å². The van der Waals surface area contributed by atoms with Gasteiger partial charge in [-0.25, -0.2) is 0 Å². The molecule has 1 aliphatic heterocycles. The monoisotopic (exact) mass is 227 g/mol. The van der Waals surface area contributed by atoms with Crippen LogP contribution in [-0.2, 0) is 9.53 Å². The van der Waals surface area contributed by atoms with Gasteiger partial charge in [0.1, 0.15) is 0 Å². The van der Waals surface area contributed by atoms with Gasteiger partial charge >= 0.3 is 0 Å². The Balaban J connectivity index is 2.38. The topological polar surface area (TPSA) is 29.5 Å². The van der Waals surface area contributed by atoms with Crippen LogP contribution in [0.1, 0.15) is 40.0 Å². The number of Topliss-reactive ketones (excluding diaryl/α,β-unsaturated/α-hetero) is 1. The van der Waals surface area contributed by atoms with Gasteiger partial charge in [-0.05, 0) is 19.9 Å². The Morgan fingerprint density at radius 3 is 2.75 bits per heavy atom. The van der Waals surface area contributed by atoms with Gasteiger partial charge in [0.15, 0.2) is 5.78 Å². The summed E-state index contributed by atoms with van der Waals surface area (Å²) >= 11 is 0. The Kier molecular flexibility index (Phi) is 5.42. The van der Waals surface area contributed by atoms with E-state index in [1.807, 2.05) is 20.9 Å². The Labute approximate surface area is 99.1 Å². The third kappa shape index (κ3) is 3.56. The van der Waals surface area contributed by atoms with Gasteiger partial charge < -0.3 is 4.74 Å². The fourth-order valence-electron chi connectivity index (χ4n) is 2.19. The molecule has 0 spiro atoms. The van der Waals surface area contributed by atoms with Gasteiger partial charge in [0.05, 0.1) is 12.1 Å². The van der Waals surface area contributed by atoms with Gasteiger partial charge in [0, 0.05) is 19.1 Å². The van der Waals surface area contributed by atoms with E-state index in [1.54, 1.807) is 0 Å². The van der Waals surface area contributed by atoms with Crippen molar-refractivity contribution in [2.75, 3.05) is 20.2 Å². The second-order valence-electron chi connectivity index (χ2n) is 5.09. The highest BCUT2D eigenvalue weighted by Crippen LogP contribution is 2.21. The van der Waals surface area contributed by atoms with Crippen LogP contribution in [0.25, 0.3) is 0 Å². The molecule has 3 heteroatoms. The normalized spacial score (nSPS) is 26.6. The maximum atomic E-state index is 11.9. The highest BCUT2D eigenvalue weighted by atomic mass is 16.5. The molecule has 0 bridgehead atoms. The summed E-state index contributed by atoms with van der Waals surface area (Å²) in [5.41, 5.74) is 0. The number of hydrogen-bond donors (Lipinski definition) is 0. The molecule has 0 aromatic carbocycles. The molecule has 1 saturated heterocycles. The van der Waals surface area contributed by atoms with E-state index >= 15 is 0 Å². The second kappa shape index (κ2) is 6.36. The average Bonchev–Trinajstić information content (AvgIpc) is 2.59. The lowest BCUT2D eigenvalue weighted by molar-refractivity contribution is -0.125. The molecule has 0 aromatic heterocycles. The molecular formula is C13H25NO2. The number of hydrogen-bond acceptors (Lipinski definition) is 3. The van der Waals surface area contributed by atoms with Crippen LogP contribution in [-0.4, -0.2) is 43.0 Å². The molecule has 0 saturated carbocycles. The molecule has 1 unspecified atom stereocenters. The first-order chi connectivity index (χ1) is 7.56. The summed E-state index contributed by atoms with van der Waals surface area (Å²) < 4.78 is 5.78. The van der Waals surface area contributed by atoms with Gasteiger partial charge in [-0.2, -0.15) is 0 Å². The molecular weight excluding hydrogens is 202 g/mol. The third-order valence-corrected chi connectivity index (χ3v) is 3.26. The van der Waals surface area contributed by atoms with Crippen LogP contribution in [0.5, 0.6) is 0 Å². The summed E-state index contributed by atoms with van der Waals surface area (Å²) in [6, 6.07) is 0.0756. The quantitative estimate of drug-likeness (QED) is 0.651. The zero-order valence-electron chi connectivity index (χ0n) is 11.0. The van der Waals surface area contributed by atoms with E-state index in [-0.39, 0.29) is 18.1 Å². The van der Waals surface area contributed by atoms with Crippen molar-refractivity contribution in [3.8, 4) is 0 Å². The predicted molar refractivity (Wildman–Crippen MR) is 65.5 cm³/mol. The maximum Gasteiger partial charge on any atom is 0.152 e. The van der Waals surface area contributed by atoms with Gasteiger partial charge in [0.2, 0.25) is 0 Å². The molecule has 3 nitrogen and oxygen atoms in total. The van der Waals surface area contributed by atoms with E-state index in [9.17, 15) is 4.79 Å². The number of nitrogens with zero attached hydrogens (tertiary/aromatic N) is 1. The smallest absolute Gasteiger partial charge is 0.152 e. The number of likely N-dealkylation sites (N-methyl/N-ethyl adjacent to an activating group) is 1. The van der Waals surface area contributed by atoms with E-state index in [0.29, 0.717) is 5.78 Å². The standard InChI is InChI=1S/C13H25NO2/c1-5-6-7-16-11-8-12(14(4)9-11)13(15)10(2)3/h10-12H,5-9H2,1-4H3/t11?,12-/m0/s1. The van der Waals surface area contributed by atoms with Crippen LogP contribution >= 0.6 is 0 Å². The number of ketones is 1. The first-order valence-corrected chi connectivity index (χ1v) is 6.41. The first-order valence-electron chi connectivity index (χ1n) is 6.41. The first kappa shape index (κ1) is 13.7. The third-order valence-electron chi connectivity index (χ3n) is 3.26. The van der Waals surface area contributed by atoms with Gasteiger partial charge in [-0.3, -0.25) is 9.69 Å². The lowest BCUT2D eigenvalue weighted by Gasteiger charge is -2.19. The molecule has 1 heterocycles. The molecule has 2 atom stereocenters. The van der Waals surface area contributed by atoms with Crippen LogP contribution in [0, 0.1) is 5.92 Å². The highest BCUT2D eigenvalue weighted by molar-refractivity contribution is 5.86. The zero-order chi connectivity index (χ0) is 12.1. The Morgan fingerprint density at radius 1 is 1.50 bits per heavy atom. The van der Waals surface area contributed by atoms with Gasteiger partial charge in [-0.15, -0.1) is 0 Å². The van der Waals surface area contributed by atoms with Crippen molar-refractivity contribution in [1.82, 2.24) is 4.90 Å². The van der Waals surface area contributed by atoms with E-state index in [0.717, 1.165) is 32.4 Å². The van der Waals surface area contributed by atoms with E-state index in [4.69, 9.17) is 4.74 Å². The van der Waals surface area contributed by atoms with Crippen molar-refractivity contribution < 1.29 is 9.53 Å². The molecule has 0 amide bonds. The van der Waals surface area contributed by atoms with E-state index in [1.165, 1.54) is 0 Å². The van der Waals surface area contributed by atoms with Crippen molar-refractivity contribution in [2.45, 2.75) is 52.2 Å². The van der Waals surface area contributed by atoms with E-state index < -0.39 is 0 Å². The summed E-state index contributed by atoms with van der Waals surface area (Å²) in [6.45, 7) is 7.84. The highest BCUT2D eigenvalue weighted by Gasteiger charge is 2.35. The minimum atomic E-state index is 0.0756. The Bertz CT molecular complexity index is 228. The molecule has 0 aliphatic carbocycles. The molecule has 1 fully saturated rings. The number of carbonyl (C=O) groups is 1. The molecule has 1 rings (SSSR count). The van der Waals surface area contributed by atoms with Crippen molar-refractivity contribution in [1.29, 1.82) is 0 Å². The van der Waals surface area contributed by atoms with Gasteiger partial charge in [0.25, 0.3) is 0 Å². The number of ether oxygens (including phenoxy) is 1. The van der Waals surface area contributed by atoms with Crippen LogP contribution < -0.4 is 0 Å². The fourth-order valence-corrected chi connectivity index (χ4v) is 2.19. The summed E-state index contributed by atoms with van der Waals surface area (Å²) in [4.78, 5) is 14.1. The Hall–Kier alpha value is -0.410. The summed E-state index contributed by atoms with van der Waals surface area (Å²) in [5, 5.41) is 0. The molecule has 16 heavy (non-hydrogen) atoms. The van der Waals surface area contributed by atoms with Crippen molar-refractivity contribution in [2.24, 2.45) is 5.92 Å². The van der Waals surface area contributed by atoms with Crippen LogP contribution in [0.4, 0.5) is 0 Å². The largest absolute Gasteiger partial charge is 0.377 e. The SMILES string of the molecule is CCCCOC1C[C@@H](C(=O)C(C)C)N(C)C1. The second-order valence-corrected chi connectivity index (χ2v) is 5.09. The predicted octanol–water partition coefficient (Wildman–Crippen LogP) is 2.10. The number of unbranched alkanes of at least 4 members (excludes halogenated alkanes) is 1. The molecule has 1 aliphatic rings. The average molecular weight is 227 g/mol.